The van der Waals surface area contributed by atoms with Gasteiger partial charge in [-0.25, -0.2) is 0 Å². The zero-order chi connectivity index (χ0) is 13.4. The summed E-state index contributed by atoms with van der Waals surface area (Å²) in [6.07, 6.45) is 3.18. The maximum atomic E-state index is 11.8. The van der Waals surface area contributed by atoms with E-state index in [1.54, 1.807) is 0 Å². The molecule has 0 radical (unpaired) electrons. The van der Waals surface area contributed by atoms with Gasteiger partial charge in [0.1, 0.15) is 0 Å². The van der Waals surface area contributed by atoms with Gasteiger partial charge in [-0.05, 0) is 24.5 Å². The van der Waals surface area contributed by atoms with Crippen LogP contribution in [0.15, 0.2) is 42.0 Å². The molecular weight excluding hydrogens is 226 g/mol. The van der Waals surface area contributed by atoms with Gasteiger partial charge in [0.2, 0.25) is 5.91 Å². The van der Waals surface area contributed by atoms with Gasteiger partial charge < -0.3 is 10.4 Å². The highest BCUT2D eigenvalue weighted by Gasteiger charge is 2.07. The second kappa shape index (κ2) is 7.67. The Bertz CT molecular complexity index is 398. The molecule has 1 rings (SSSR count). The SMILES string of the molecule is CCCC(=CC(=O)NC(C)c1ccccc1)CO. The molecule has 2 N–H and O–H groups in total. The van der Waals surface area contributed by atoms with Crippen molar-refractivity contribution in [3.8, 4) is 0 Å². The minimum absolute atomic E-state index is 0.0310. The van der Waals surface area contributed by atoms with Crippen LogP contribution in [-0.4, -0.2) is 17.6 Å². The lowest BCUT2D eigenvalue weighted by Gasteiger charge is -2.13. The van der Waals surface area contributed by atoms with Gasteiger partial charge in [-0.2, -0.15) is 0 Å². The predicted octanol–water partition coefficient (Wildman–Crippen LogP) is 2.58. The first-order valence-electron chi connectivity index (χ1n) is 6.33. The van der Waals surface area contributed by atoms with Crippen LogP contribution in [0, 0.1) is 0 Å². The summed E-state index contributed by atoms with van der Waals surface area (Å²) in [5.74, 6) is -0.149. The van der Waals surface area contributed by atoms with Crippen molar-refractivity contribution < 1.29 is 9.90 Å². The largest absolute Gasteiger partial charge is 0.392 e. The Morgan fingerprint density at radius 3 is 2.61 bits per heavy atom. The van der Waals surface area contributed by atoms with E-state index < -0.39 is 0 Å². The molecule has 1 aromatic carbocycles. The zero-order valence-electron chi connectivity index (χ0n) is 11.0. The van der Waals surface area contributed by atoms with Crippen molar-refractivity contribution in [2.45, 2.75) is 32.7 Å². The highest BCUT2D eigenvalue weighted by molar-refractivity contribution is 5.88. The molecule has 0 heterocycles. The van der Waals surface area contributed by atoms with Crippen molar-refractivity contribution in [1.29, 1.82) is 0 Å². The van der Waals surface area contributed by atoms with Crippen LogP contribution in [0.25, 0.3) is 0 Å². The summed E-state index contributed by atoms with van der Waals surface area (Å²) in [4.78, 5) is 11.8. The highest BCUT2D eigenvalue weighted by atomic mass is 16.3. The third-order valence-corrected chi connectivity index (χ3v) is 2.77. The Morgan fingerprint density at radius 2 is 2.06 bits per heavy atom. The summed E-state index contributed by atoms with van der Waals surface area (Å²) in [7, 11) is 0. The molecule has 0 aliphatic rings. The molecule has 1 atom stereocenters. The van der Waals surface area contributed by atoms with Crippen LogP contribution < -0.4 is 5.32 Å². The van der Waals surface area contributed by atoms with Crippen LogP contribution in [-0.2, 0) is 4.79 Å². The quantitative estimate of drug-likeness (QED) is 0.759. The molecule has 18 heavy (non-hydrogen) atoms. The molecule has 1 aromatic rings. The summed E-state index contributed by atoms with van der Waals surface area (Å²) in [6, 6.07) is 9.77. The van der Waals surface area contributed by atoms with Gasteiger partial charge in [0, 0.05) is 6.08 Å². The first kappa shape index (κ1) is 14.5. The topological polar surface area (TPSA) is 49.3 Å². The normalized spacial score (nSPS) is 13.2. The second-order valence-corrected chi connectivity index (χ2v) is 4.35. The number of amides is 1. The highest BCUT2D eigenvalue weighted by Crippen LogP contribution is 2.11. The Morgan fingerprint density at radius 1 is 1.39 bits per heavy atom. The van der Waals surface area contributed by atoms with Crippen molar-refractivity contribution in [2.75, 3.05) is 6.61 Å². The Hall–Kier alpha value is -1.61. The van der Waals surface area contributed by atoms with E-state index in [4.69, 9.17) is 5.11 Å². The molecule has 0 bridgehead atoms. The van der Waals surface area contributed by atoms with Crippen molar-refractivity contribution in [1.82, 2.24) is 5.32 Å². The van der Waals surface area contributed by atoms with Gasteiger partial charge >= 0.3 is 0 Å². The Balaban J connectivity index is 2.59. The average molecular weight is 247 g/mol. The van der Waals surface area contributed by atoms with Crippen molar-refractivity contribution >= 4 is 5.91 Å². The van der Waals surface area contributed by atoms with Crippen LogP contribution in [0.5, 0.6) is 0 Å². The minimum atomic E-state index is -0.149. The minimum Gasteiger partial charge on any atom is -0.392 e. The van der Waals surface area contributed by atoms with Crippen LogP contribution >= 0.6 is 0 Å². The smallest absolute Gasteiger partial charge is 0.244 e. The van der Waals surface area contributed by atoms with Crippen LogP contribution in [0.2, 0.25) is 0 Å². The number of rotatable bonds is 6. The number of carbonyl (C=O) groups excluding carboxylic acids is 1. The van der Waals surface area contributed by atoms with Crippen LogP contribution in [0.3, 0.4) is 0 Å². The first-order valence-corrected chi connectivity index (χ1v) is 6.33. The monoisotopic (exact) mass is 247 g/mol. The first-order chi connectivity index (χ1) is 8.67. The summed E-state index contributed by atoms with van der Waals surface area (Å²) < 4.78 is 0. The van der Waals surface area contributed by atoms with Crippen molar-refractivity contribution in [3.63, 3.8) is 0 Å². The van der Waals surface area contributed by atoms with E-state index in [9.17, 15) is 4.79 Å². The molecule has 0 spiro atoms. The predicted molar refractivity (Wildman–Crippen MR) is 73.1 cm³/mol. The molecule has 0 aliphatic carbocycles. The van der Waals surface area contributed by atoms with Gasteiger partial charge in [-0.3, -0.25) is 4.79 Å². The summed E-state index contributed by atoms with van der Waals surface area (Å²) in [5, 5.41) is 12.0. The molecule has 1 unspecified atom stereocenters. The van der Waals surface area contributed by atoms with E-state index in [1.807, 2.05) is 44.2 Å². The molecule has 0 aliphatic heterocycles. The van der Waals surface area contributed by atoms with E-state index in [-0.39, 0.29) is 18.6 Å². The maximum absolute atomic E-state index is 11.8. The number of carbonyl (C=O) groups is 1. The lowest BCUT2D eigenvalue weighted by Crippen LogP contribution is -2.25. The van der Waals surface area contributed by atoms with E-state index >= 15 is 0 Å². The van der Waals surface area contributed by atoms with Gasteiger partial charge in [-0.15, -0.1) is 0 Å². The molecule has 3 nitrogen and oxygen atoms in total. The van der Waals surface area contributed by atoms with Crippen molar-refractivity contribution in [3.05, 3.63) is 47.5 Å². The summed E-state index contributed by atoms with van der Waals surface area (Å²) in [5.41, 5.74) is 1.84. The Labute approximate surface area is 109 Å². The van der Waals surface area contributed by atoms with Gasteiger partial charge in [0.05, 0.1) is 12.6 Å². The Kier molecular flexibility index (Phi) is 6.15. The number of nitrogens with one attached hydrogen (secondary N) is 1. The van der Waals surface area contributed by atoms with Crippen LogP contribution in [0.1, 0.15) is 38.3 Å². The fourth-order valence-electron chi connectivity index (χ4n) is 1.78. The summed E-state index contributed by atoms with van der Waals surface area (Å²) in [6.45, 7) is 3.91. The molecule has 98 valence electrons. The van der Waals surface area contributed by atoms with E-state index in [0.29, 0.717) is 0 Å². The standard InChI is InChI=1S/C15H21NO2/c1-3-7-13(11-17)10-15(18)16-12(2)14-8-5-4-6-9-14/h4-6,8-10,12,17H,3,7,11H2,1-2H3,(H,16,18). The molecule has 0 aromatic heterocycles. The molecule has 0 saturated carbocycles. The third-order valence-electron chi connectivity index (χ3n) is 2.77. The fourth-order valence-corrected chi connectivity index (χ4v) is 1.78. The fraction of sp³-hybridized carbons (Fsp3) is 0.400. The molecule has 0 fully saturated rings. The molecule has 3 heteroatoms. The third kappa shape index (κ3) is 4.72. The van der Waals surface area contributed by atoms with Crippen molar-refractivity contribution in [2.24, 2.45) is 0 Å². The molecular formula is C15H21NO2. The zero-order valence-corrected chi connectivity index (χ0v) is 11.0. The lowest BCUT2D eigenvalue weighted by molar-refractivity contribution is -0.117. The number of benzene rings is 1. The average Bonchev–Trinajstić information content (AvgIpc) is 2.39. The van der Waals surface area contributed by atoms with E-state index in [1.165, 1.54) is 6.08 Å². The number of hydrogen-bond acceptors (Lipinski definition) is 2. The van der Waals surface area contributed by atoms with E-state index in [2.05, 4.69) is 5.32 Å². The molecule has 0 saturated heterocycles. The van der Waals surface area contributed by atoms with E-state index in [0.717, 1.165) is 24.0 Å². The maximum Gasteiger partial charge on any atom is 0.244 e. The van der Waals surface area contributed by atoms with Crippen LogP contribution in [0.4, 0.5) is 0 Å². The number of aliphatic hydroxyl groups is 1. The number of aliphatic hydroxyl groups excluding tert-OH is 1. The van der Waals surface area contributed by atoms with Gasteiger partial charge in [0.15, 0.2) is 0 Å². The number of hydrogen-bond donors (Lipinski definition) is 2. The van der Waals surface area contributed by atoms with Gasteiger partial charge in [-0.1, -0.05) is 43.7 Å². The lowest BCUT2D eigenvalue weighted by atomic mass is 10.1. The summed E-state index contributed by atoms with van der Waals surface area (Å²) >= 11 is 0. The van der Waals surface area contributed by atoms with Gasteiger partial charge in [0.25, 0.3) is 0 Å². The second-order valence-electron chi connectivity index (χ2n) is 4.35. The molecule has 1 amide bonds.